The first-order valence-corrected chi connectivity index (χ1v) is 10.9. The summed E-state index contributed by atoms with van der Waals surface area (Å²) in [6, 6.07) is 20.7. The van der Waals surface area contributed by atoms with E-state index in [0.717, 1.165) is 6.42 Å². The van der Waals surface area contributed by atoms with Crippen molar-refractivity contribution in [2.24, 2.45) is 0 Å². The first kappa shape index (κ1) is 32.1. The van der Waals surface area contributed by atoms with Crippen molar-refractivity contribution in [1.82, 2.24) is 0 Å². The summed E-state index contributed by atoms with van der Waals surface area (Å²) in [6.45, 7) is 16.2. The number of rotatable bonds is 5. The van der Waals surface area contributed by atoms with Crippen LogP contribution in [0.2, 0.25) is 0 Å². The van der Waals surface area contributed by atoms with Crippen LogP contribution in [-0.4, -0.2) is 25.2 Å². The number of carbonyl (C=O) groups excluding carboxylic acids is 2. The van der Waals surface area contributed by atoms with Gasteiger partial charge in [-0.15, -0.1) is 0 Å². The molecule has 0 aliphatic carbocycles. The van der Waals surface area contributed by atoms with E-state index in [4.69, 9.17) is 0 Å². The van der Waals surface area contributed by atoms with Crippen molar-refractivity contribution >= 4 is 11.9 Å². The predicted molar refractivity (Wildman–Crippen MR) is 128 cm³/mol. The highest BCUT2D eigenvalue weighted by Gasteiger charge is 2.09. The molecule has 0 saturated heterocycles. The van der Waals surface area contributed by atoms with Crippen LogP contribution >= 0.6 is 0 Å². The Hall–Kier alpha value is -2.62. The smallest absolute Gasteiger partial charge is 0.317 e. The van der Waals surface area contributed by atoms with E-state index < -0.39 is 11.9 Å². The third-order valence-electron chi connectivity index (χ3n) is 3.09. The van der Waals surface area contributed by atoms with Crippen LogP contribution in [0.3, 0.4) is 0 Å². The number of esters is 2. The molecule has 0 unspecified atom stereocenters. The Morgan fingerprint density at radius 2 is 1.03 bits per heavy atom. The van der Waals surface area contributed by atoms with Crippen LogP contribution in [0.5, 0.6) is 0 Å². The van der Waals surface area contributed by atoms with E-state index >= 15 is 0 Å². The Kier molecular flexibility index (Phi) is 28.2. The predicted octanol–water partition coefficient (Wildman–Crippen LogP) is 6.80. The number of carbonyl (C=O) groups is 2. The van der Waals surface area contributed by atoms with Gasteiger partial charge in [0.25, 0.3) is 0 Å². The van der Waals surface area contributed by atoms with E-state index in [0.29, 0.717) is 0 Å². The van der Waals surface area contributed by atoms with Crippen LogP contribution in [-0.2, 0) is 25.5 Å². The Bertz CT molecular complexity index is 579. The summed E-state index contributed by atoms with van der Waals surface area (Å²) >= 11 is 0. The first-order valence-electron chi connectivity index (χ1n) is 10.9. The molecule has 0 bridgehead atoms. The van der Waals surface area contributed by atoms with E-state index in [9.17, 15) is 9.59 Å². The molecule has 0 aliphatic rings. The topological polar surface area (TPSA) is 52.6 Å². The summed E-state index contributed by atoms with van der Waals surface area (Å²) in [5.41, 5.74) is 2.73. The minimum Gasteiger partial charge on any atom is -0.466 e. The third-order valence-corrected chi connectivity index (χ3v) is 3.09. The highest BCUT2D eigenvalue weighted by atomic mass is 16.5. The van der Waals surface area contributed by atoms with E-state index in [1.807, 2.05) is 52.0 Å². The molecule has 0 atom stereocenters. The molecule has 0 spiro atoms. The lowest BCUT2D eigenvalue weighted by Crippen LogP contribution is -2.13. The van der Waals surface area contributed by atoms with Crippen molar-refractivity contribution in [2.45, 2.75) is 68.2 Å². The largest absolute Gasteiger partial charge is 0.466 e. The van der Waals surface area contributed by atoms with Gasteiger partial charge in [0.05, 0.1) is 13.2 Å². The van der Waals surface area contributed by atoms with E-state index in [1.54, 1.807) is 13.8 Å². The highest BCUT2D eigenvalue weighted by Crippen LogP contribution is 1.97. The zero-order chi connectivity index (χ0) is 23.6. The van der Waals surface area contributed by atoms with Crippen molar-refractivity contribution in [3.05, 3.63) is 71.8 Å². The molecule has 0 aromatic heterocycles. The summed E-state index contributed by atoms with van der Waals surface area (Å²) < 4.78 is 9.04. The SMILES string of the molecule is CC.CC.CCOC(=O)CC(=O)OCC.CCc1ccccc1.Cc1ccccc1. The van der Waals surface area contributed by atoms with E-state index in [1.165, 1.54) is 11.1 Å². The number of aryl methyl sites for hydroxylation is 2. The molecule has 4 nitrogen and oxygen atoms in total. The molecule has 2 aromatic carbocycles. The lowest BCUT2D eigenvalue weighted by atomic mass is 10.2. The van der Waals surface area contributed by atoms with Crippen LogP contribution in [0.1, 0.15) is 66.0 Å². The maximum Gasteiger partial charge on any atom is 0.317 e. The molecule has 170 valence electrons. The second-order valence-electron chi connectivity index (χ2n) is 5.28. The van der Waals surface area contributed by atoms with Crippen LogP contribution in [0.25, 0.3) is 0 Å². The summed E-state index contributed by atoms with van der Waals surface area (Å²) in [6.07, 6.45) is 0.850. The van der Waals surface area contributed by atoms with Gasteiger partial charge in [-0.05, 0) is 32.8 Å². The van der Waals surface area contributed by atoms with E-state index in [-0.39, 0.29) is 19.6 Å². The number of ether oxygens (including phenoxy) is 2. The quantitative estimate of drug-likeness (QED) is 0.396. The number of benzene rings is 2. The van der Waals surface area contributed by atoms with Gasteiger partial charge in [-0.2, -0.15) is 0 Å². The average molecular weight is 419 g/mol. The fourth-order valence-electron chi connectivity index (χ4n) is 1.79. The number of hydrogen-bond acceptors (Lipinski definition) is 4. The van der Waals surface area contributed by atoms with E-state index in [2.05, 4.69) is 59.7 Å². The van der Waals surface area contributed by atoms with Crippen LogP contribution in [0.4, 0.5) is 0 Å². The van der Waals surface area contributed by atoms with Crippen LogP contribution in [0, 0.1) is 6.92 Å². The highest BCUT2D eigenvalue weighted by molar-refractivity contribution is 5.91. The van der Waals surface area contributed by atoms with Crippen molar-refractivity contribution < 1.29 is 19.1 Å². The van der Waals surface area contributed by atoms with Gasteiger partial charge in [-0.25, -0.2) is 0 Å². The maximum absolute atomic E-state index is 10.6. The molecule has 0 saturated carbocycles. The van der Waals surface area contributed by atoms with Crippen LogP contribution < -0.4 is 0 Å². The Balaban J connectivity index is -0.000000342. The summed E-state index contributed by atoms with van der Waals surface area (Å²) in [5.74, 6) is -1.07. The normalized spacial score (nSPS) is 8.13. The maximum atomic E-state index is 10.6. The Morgan fingerprint density at radius 1 is 0.667 bits per heavy atom. The molecule has 4 heteroatoms. The molecule has 2 aromatic rings. The summed E-state index contributed by atoms with van der Waals surface area (Å²) in [7, 11) is 0. The van der Waals surface area contributed by atoms with Gasteiger partial charge < -0.3 is 9.47 Å². The van der Waals surface area contributed by atoms with Gasteiger partial charge in [0.15, 0.2) is 0 Å². The lowest BCUT2D eigenvalue weighted by Gasteiger charge is -2.00. The van der Waals surface area contributed by atoms with Crippen molar-refractivity contribution in [3.63, 3.8) is 0 Å². The zero-order valence-corrected chi connectivity index (χ0v) is 20.2. The minimum atomic E-state index is -0.536. The van der Waals surface area contributed by atoms with Gasteiger partial charge in [-0.3, -0.25) is 9.59 Å². The molecule has 0 heterocycles. The second kappa shape index (κ2) is 26.4. The van der Waals surface area contributed by atoms with Crippen molar-refractivity contribution in [2.75, 3.05) is 13.2 Å². The molecule has 0 radical (unpaired) electrons. The van der Waals surface area contributed by atoms with Crippen LogP contribution in [0.15, 0.2) is 60.7 Å². The molecule has 30 heavy (non-hydrogen) atoms. The Morgan fingerprint density at radius 3 is 1.27 bits per heavy atom. The molecule has 0 aliphatic heterocycles. The number of hydrogen-bond donors (Lipinski definition) is 0. The summed E-state index contributed by atoms with van der Waals surface area (Å²) in [5, 5.41) is 0. The molecule has 0 fully saturated rings. The third kappa shape index (κ3) is 23.4. The van der Waals surface area contributed by atoms with Gasteiger partial charge >= 0.3 is 11.9 Å². The lowest BCUT2D eigenvalue weighted by molar-refractivity contribution is -0.153. The monoisotopic (exact) mass is 418 g/mol. The fraction of sp³-hybridized carbons (Fsp3) is 0.462. The standard InChI is InChI=1S/C8H10.C7H12O4.C7H8.2C2H6/c1-2-8-6-4-3-5-7-8;1-3-10-6(8)5-7(9)11-4-2;1-7-5-3-2-4-6-7;2*1-2/h3-7H,2H2,1H3;3-5H2,1-2H3;2-6H,1H3;2*1-2H3. The van der Waals surface area contributed by atoms with Gasteiger partial charge in [-0.1, -0.05) is 101 Å². The second-order valence-corrected chi connectivity index (χ2v) is 5.28. The minimum absolute atomic E-state index is 0.290. The molecule has 0 amide bonds. The Labute approximate surface area is 184 Å². The van der Waals surface area contributed by atoms with Crippen molar-refractivity contribution in [3.8, 4) is 0 Å². The van der Waals surface area contributed by atoms with Crippen molar-refractivity contribution in [1.29, 1.82) is 0 Å². The molecule has 2 rings (SSSR count). The summed E-state index contributed by atoms with van der Waals surface area (Å²) in [4.78, 5) is 21.2. The van der Waals surface area contributed by atoms with Gasteiger partial charge in [0.1, 0.15) is 6.42 Å². The molecule has 0 N–H and O–H groups in total. The molecular formula is C26H42O4. The van der Waals surface area contributed by atoms with Gasteiger partial charge in [0.2, 0.25) is 0 Å². The fourth-order valence-corrected chi connectivity index (χ4v) is 1.79. The first-order chi connectivity index (χ1) is 14.5. The zero-order valence-electron chi connectivity index (χ0n) is 20.2. The molecular weight excluding hydrogens is 376 g/mol. The van der Waals surface area contributed by atoms with Gasteiger partial charge in [0, 0.05) is 0 Å². The average Bonchev–Trinajstić information content (AvgIpc) is 2.79.